The highest BCUT2D eigenvalue weighted by Gasteiger charge is 2.41. The second kappa shape index (κ2) is 6.11. The Morgan fingerprint density at radius 2 is 2.13 bits per heavy atom. The zero-order chi connectivity index (χ0) is 11.3. The van der Waals surface area contributed by atoms with Gasteiger partial charge in [-0.05, 0) is 13.3 Å². The number of ether oxygens (including phenoxy) is 1. The van der Waals surface area contributed by atoms with Crippen molar-refractivity contribution in [1.82, 2.24) is 0 Å². The van der Waals surface area contributed by atoms with Crippen LogP contribution in [0, 0.1) is 5.92 Å². The van der Waals surface area contributed by atoms with Crippen molar-refractivity contribution < 1.29 is 14.6 Å². The summed E-state index contributed by atoms with van der Waals surface area (Å²) in [7, 11) is 0. The lowest BCUT2D eigenvalue weighted by atomic mass is 9.88. The van der Waals surface area contributed by atoms with Crippen LogP contribution in [0.25, 0.3) is 0 Å². The molecule has 3 heteroatoms. The minimum absolute atomic E-state index is 0.0286. The van der Waals surface area contributed by atoms with Crippen LogP contribution in [0.2, 0.25) is 0 Å². The summed E-state index contributed by atoms with van der Waals surface area (Å²) in [6.07, 6.45) is 5.86. The maximum atomic E-state index is 11.2. The van der Waals surface area contributed by atoms with E-state index in [0.29, 0.717) is 6.42 Å². The van der Waals surface area contributed by atoms with Gasteiger partial charge in [0.25, 0.3) is 0 Å². The smallest absolute Gasteiger partial charge is 0.313 e. The lowest BCUT2D eigenvalue weighted by Crippen LogP contribution is -2.46. The largest absolute Gasteiger partial charge is 0.461 e. The first kappa shape index (κ1) is 12.5. The van der Waals surface area contributed by atoms with Crippen LogP contribution in [0.15, 0.2) is 0 Å². The Kier molecular flexibility index (Phi) is 5.09. The minimum Gasteiger partial charge on any atom is -0.461 e. The number of carbonyl (C=O) groups is 1. The summed E-state index contributed by atoms with van der Waals surface area (Å²) in [5.74, 6) is -0.0198. The van der Waals surface area contributed by atoms with Gasteiger partial charge in [-0.1, -0.05) is 32.6 Å². The van der Waals surface area contributed by atoms with Gasteiger partial charge >= 0.3 is 5.97 Å². The molecule has 1 N–H and O–H groups in total. The van der Waals surface area contributed by atoms with Crippen LogP contribution in [0.4, 0.5) is 0 Å². The molecule has 1 heterocycles. The highest BCUT2D eigenvalue weighted by Crippen LogP contribution is 2.30. The number of esters is 1. The van der Waals surface area contributed by atoms with Gasteiger partial charge in [0.05, 0.1) is 12.0 Å². The van der Waals surface area contributed by atoms with Gasteiger partial charge in [-0.2, -0.15) is 0 Å². The van der Waals surface area contributed by atoms with Gasteiger partial charge in [0.15, 0.2) is 0 Å². The number of aliphatic hydroxyl groups excluding tert-OH is 1. The van der Waals surface area contributed by atoms with E-state index in [1.807, 2.05) is 0 Å². The molecular weight excluding hydrogens is 192 g/mol. The predicted octanol–water partition coefficient (Wildman–Crippen LogP) is 2.27. The van der Waals surface area contributed by atoms with E-state index in [9.17, 15) is 9.90 Å². The number of hydrogen-bond donors (Lipinski definition) is 1. The van der Waals surface area contributed by atoms with Gasteiger partial charge < -0.3 is 9.84 Å². The number of carbonyl (C=O) groups excluding carboxylic acids is 1. The molecule has 1 aliphatic rings. The maximum Gasteiger partial charge on any atom is 0.313 e. The number of cyclic esters (lactones) is 1. The van der Waals surface area contributed by atoms with E-state index in [2.05, 4.69) is 6.92 Å². The Morgan fingerprint density at radius 3 is 2.67 bits per heavy atom. The van der Waals surface area contributed by atoms with E-state index in [-0.39, 0.29) is 24.1 Å². The molecule has 3 nitrogen and oxygen atoms in total. The molecule has 0 bridgehead atoms. The fourth-order valence-electron chi connectivity index (χ4n) is 2.04. The van der Waals surface area contributed by atoms with Gasteiger partial charge in [-0.25, -0.2) is 0 Å². The van der Waals surface area contributed by atoms with Crippen molar-refractivity contribution in [3.8, 4) is 0 Å². The van der Waals surface area contributed by atoms with Crippen LogP contribution in [0.3, 0.4) is 0 Å². The molecule has 1 saturated heterocycles. The Balaban J connectivity index is 2.17. The molecule has 0 amide bonds. The SMILES string of the molecule is CCCCCC[C@H]1C(=O)O[C@@H]1C[C@@H](C)O. The van der Waals surface area contributed by atoms with Crippen molar-refractivity contribution in [1.29, 1.82) is 0 Å². The Bertz CT molecular complexity index is 201. The molecule has 3 atom stereocenters. The number of hydrogen-bond acceptors (Lipinski definition) is 3. The lowest BCUT2D eigenvalue weighted by Gasteiger charge is -2.35. The first-order chi connectivity index (χ1) is 7.15. The topological polar surface area (TPSA) is 46.5 Å². The molecule has 0 aromatic heterocycles. The fourth-order valence-corrected chi connectivity index (χ4v) is 2.04. The second-order valence-electron chi connectivity index (χ2n) is 4.52. The van der Waals surface area contributed by atoms with Crippen molar-refractivity contribution in [2.45, 2.75) is 64.6 Å². The van der Waals surface area contributed by atoms with E-state index in [1.165, 1.54) is 19.3 Å². The van der Waals surface area contributed by atoms with Gasteiger partial charge in [-0.15, -0.1) is 0 Å². The molecule has 0 spiro atoms. The van der Waals surface area contributed by atoms with Crippen molar-refractivity contribution in [3.63, 3.8) is 0 Å². The zero-order valence-electron chi connectivity index (χ0n) is 9.74. The molecule has 1 rings (SSSR count). The van der Waals surface area contributed by atoms with E-state index in [4.69, 9.17) is 4.74 Å². The molecule has 1 fully saturated rings. The number of unbranched alkanes of at least 4 members (excludes halogenated alkanes) is 3. The van der Waals surface area contributed by atoms with E-state index in [1.54, 1.807) is 6.92 Å². The van der Waals surface area contributed by atoms with Crippen molar-refractivity contribution in [2.24, 2.45) is 5.92 Å². The Hall–Kier alpha value is -0.570. The first-order valence-corrected chi connectivity index (χ1v) is 6.03. The number of aliphatic hydroxyl groups is 1. The Labute approximate surface area is 91.8 Å². The third-order valence-corrected chi connectivity index (χ3v) is 2.96. The van der Waals surface area contributed by atoms with Crippen LogP contribution >= 0.6 is 0 Å². The molecule has 0 aliphatic carbocycles. The number of rotatable bonds is 7. The molecule has 0 aromatic carbocycles. The lowest BCUT2D eigenvalue weighted by molar-refractivity contribution is -0.188. The summed E-state index contributed by atoms with van der Waals surface area (Å²) in [6, 6.07) is 0. The molecule has 0 aromatic rings. The van der Waals surface area contributed by atoms with E-state index >= 15 is 0 Å². The third-order valence-electron chi connectivity index (χ3n) is 2.96. The summed E-state index contributed by atoms with van der Waals surface area (Å²) in [6.45, 7) is 3.91. The summed E-state index contributed by atoms with van der Waals surface area (Å²) in [5.41, 5.74) is 0. The molecule has 0 unspecified atom stereocenters. The van der Waals surface area contributed by atoms with Gasteiger partial charge in [-0.3, -0.25) is 4.79 Å². The third kappa shape index (κ3) is 3.82. The summed E-state index contributed by atoms with van der Waals surface area (Å²) < 4.78 is 5.02. The molecule has 15 heavy (non-hydrogen) atoms. The highest BCUT2D eigenvalue weighted by atomic mass is 16.6. The normalized spacial score (nSPS) is 27.0. The van der Waals surface area contributed by atoms with Crippen LogP contribution in [0.5, 0.6) is 0 Å². The quantitative estimate of drug-likeness (QED) is 0.522. The van der Waals surface area contributed by atoms with Crippen LogP contribution < -0.4 is 0 Å². The minimum atomic E-state index is -0.374. The predicted molar refractivity (Wildman–Crippen MR) is 58.4 cm³/mol. The summed E-state index contributed by atoms with van der Waals surface area (Å²) in [4.78, 5) is 11.2. The summed E-state index contributed by atoms with van der Waals surface area (Å²) in [5, 5.41) is 9.21. The average Bonchev–Trinajstić information content (AvgIpc) is 2.16. The first-order valence-electron chi connectivity index (χ1n) is 6.03. The molecule has 88 valence electrons. The van der Waals surface area contributed by atoms with Gasteiger partial charge in [0, 0.05) is 6.42 Å². The molecule has 0 radical (unpaired) electrons. The second-order valence-corrected chi connectivity index (χ2v) is 4.52. The summed E-state index contributed by atoms with van der Waals surface area (Å²) >= 11 is 0. The van der Waals surface area contributed by atoms with Crippen LogP contribution in [-0.2, 0) is 9.53 Å². The molecule has 0 saturated carbocycles. The Morgan fingerprint density at radius 1 is 1.40 bits per heavy atom. The van der Waals surface area contributed by atoms with E-state index < -0.39 is 0 Å². The van der Waals surface area contributed by atoms with Crippen LogP contribution in [0.1, 0.15) is 52.4 Å². The average molecular weight is 214 g/mol. The van der Waals surface area contributed by atoms with Crippen molar-refractivity contribution >= 4 is 5.97 Å². The highest BCUT2D eigenvalue weighted by molar-refractivity contribution is 5.78. The van der Waals surface area contributed by atoms with Gasteiger partial charge in [0.1, 0.15) is 6.10 Å². The fraction of sp³-hybridized carbons (Fsp3) is 0.917. The van der Waals surface area contributed by atoms with Gasteiger partial charge in [0.2, 0.25) is 0 Å². The monoisotopic (exact) mass is 214 g/mol. The van der Waals surface area contributed by atoms with Crippen molar-refractivity contribution in [3.05, 3.63) is 0 Å². The zero-order valence-corrected chi connectivity index (χ0v) is 9.74. The van der Waals surface area contributed by atoms with Crippen molar-refractivity contribution in [2.75, 3.05) is 0 Å². The standard InChI is InChI=1S/C12H22O3/c1-3-4-5-6-7-10-11(8-9(2)13)15-12(10)14/h9-11,13H,3-8H2,1-2H3/t9-,10-,11-/m1/s1. The maximum absolute atomic E-state index is 11.2. The van der Waals surface area contributed by atoms with E-state index in [0.717, 1.165) is 12.8 Å². The molecular formula is C12H22O3. The molecule has 1 aliphatic heterocycles. The van der Waals surface area contributed by atoms with Crippen LogP contribution in [-0.4, -0.2) is 23.3 Å².